The van der Waals surface area contributed by atoms with Crippen LogP contribution in [0.15, 0.2) is 62.9 Å². The number of aromatic nitrogens is 2. The van der Waals surface area contributed by atoms with Crippen LogP contribution in [0.1, 0.15) is 56.7 Å². The molecule has 0 radical (unpaired) electrons. The van der Waals surface area contributed by atoms with Gasteiger partial charge in [0.1, 0.15) is 11.5 Å². The lowest BCUT2D eigenvalue weighted by molar-refractivity contribution is 0.215. The summed E-state index contributed by atoms with van der Waals surface area (Å²) in [6.45, 7) is 10.2. The maximum absolute atomic E-state index is 13.8. The molecule has 1 heterocycles. The second kappa shape index (κ2) is 11.7. The fourth-order valence-electron chi connectivity index (χ4n) is 4.18. The molecule has 4 rings (SSSR count). The maximum Gasteiger partial charge on any atom is 0.282 e. The Hall–Kier alpha value is -3.16. The van der Waals surface area contributed by atoms with Crippen molar-refractivity contribution in [2.24, 2.45) is 5.10 Å². The Morgan fingerprint density at radius 1 is 1.16 bits per heavy atom. The Kier molecular flexibility index (Phi) is 8.58. The topological polar surface area (TPSA) is 65.7 Å². The van der Waals surface area contributed by atoms with E-state index in [9.17, 15) is 4.79 Å². The molecule has 0 spiro atoms. The predicted molar refractivity (Wildman–Crippen MR) is 159 cm³/mol. The molecule has 0 unspecified atom stereocenters. The third-order valence-electron chi connectivity index (χ3n) is 6.44. The lowest BCUT2D eigenvalue weighted by Gasteiger charge is -2.18. The summed E-state index contributed by atoms with van der Waals surface area (Å²) in [5, 5.41) is 5.66. The van der Waals surface area contributed by atoms with Crippen molar-refractivity contribution in [1.82, 2.24) is 9.66 Å². The predicted octanol–water partition coefficient (Wildman–Crippen LogP) is 7.98. The number of aryl methyl sites for hydroxylation is 1. The van der Waals surface area contributed by atoms with E-state index in [-0.39, 0.29) is 17.6 Å². The van der Waals surface area contributed by atoms with Gasteiger partial charge in [-0.25, -0.2) is 4.98 Å². The first-order chi connectivity index (χ1) is 18.1. The van der Waals surface area contributed by atoms with Gasteiger partial charge in [-0.1, -0.05) is 44.5 Å². The number of fused-ring (bicyclic) bond motifs is 1. The van der Waals surface area contributed by atoms with Crippen LogP contribution in [0.5, 0.6) is 11.5 Å². The zero-order valence-electron chi connectivity index (χ0n) is 22.4. The van der Waals surface area contributed by atoms with Crippen LogP contribution >= 0.6 is 27.5 Å². The van der Waals surface area contributed by atoms with Crippen LogP contribution < -0.4 is 15.0 Å². The average molecular weight is 597 g/mol. The first kappa shape index (κ1) is 27.9. The summed E-state index contributed by atoms with van der Waals surface area (Å²) in [6, 6.07) is 14.8. The number of rotatable bonds is 8. The van der Waals surface area contributed by atoms with Gasteiger partial charge >= 0.3 is 0 Å². The molecular formula is C30H31BrClN3O3. The van der Waals surface area contributed by atoms with E-state index < -0.39 is 0 Å². The Balaban J connectivity index is 1.98. The van der Waals surface area contributed by atoms with Gasteiger partial charge in [-0.05, 0) is 89.6 Å². The van der Waals surface area contributed by atoms with Crippen LogP contribution in [0, 0.1) is 6.92 Å². The summed E-state index contributed by atoms with van der Waals surface area (Å²) in [4.78, 5) is 18.7. The lowest BCUT2D eigenvalue weighted by atomic mass is 9.96. The van der Waals surface area contributed by atoms with E-state index in [1.165, 1.54) is 4.68 Å². The van der Waals surface area contributed by atoms with Gasteiger partial charge in [-0.3, -0.25) is 4.79 Å². The minimum atomic E-state index is -0.270. The van der Waals surface area contributed by atoms with Gasteiger partial charge in [0.2, 0.25) is 0 Å². The van der Waals surface area contributed by atoms with Gasteiger partial charge in [0.25, 0.3) is 5.56 Å². The zero-order valence-corrected chi connectivity index (χ0v) is 24.7. The molecule has 0 aliphatic rings. The lowest BCUT2D eigenvalue weighted by Crippen LogP contribution is -2.21. The summed E-state index contributed by atoms with van der Waals surface area (Å²) in [7, 11) is 1.66. The van der Waals surface area contributed by atoms with Crippen molar-refractivity contribution >= 4 is 44.6 Å². The van der Waals surface area contributed by atoms with Crippen LogP contribution in [-0.4, -0.2) is 29.1 Å². The van der Waals surface area contributed by atoms with E-state index in [4.69, 9.17) is 26.1 Å². The number of benzene rings is 3. The van der Waals surface area contributed by atoms with Crippen LogP contribution in [0.25, 0.3) is 22.3 Å². The number of para-hydroxylation sites is 1. The van der Waals surface area contributed by atoms with Crippen LogP contribution in [0.4, 0.5) is 0 Å². The van der Waals surface area contributed by atoms with E-state index in [1.54, 1.807) is 31.5 Å². The molecule has 8 heteroatoms. The van der Waals surface area contributed by atoms with Crippen LogP contribution in [-0.2, 0) is 0 Å². The normalized spacial score (nSPS) is 12.4. The van der Waals surface area contributed by atoms with Crippen LogP contribution in [0.3, 0.4) is 0 Å². The van der Waals surface area contributed by atoms with Crippen molar-refractivity contribution in [1.29, 1.82) is 0 Å². The quantitative estimate of drug-likeness (QED) is 0.193. The molecule has 3 aromatic carbocycles. The highest BCUT2D eigenvalue weighted by Crippen LogP contribution is 2.35. The SMILES string of the molecule is CC[C@@H](C)Oc1c(Br)cc(Cl)cc1C=Nn1c(-c2cc(C(C)C)c(OC)cc2C)nc2ccccc2c1=O. The van der Waals surface area contributed by atoms with Gasteiger partial charge in [0, 0.05) is 16.1 Å². The highest BCUT2D eigenvalue weighted by Gasteiger charge is 2.19. The molecule has 0 fully saturated rings. The summed E-state index contributed by atoms with van der Waals surface area (Å²) >= 11 is 9.93. The summed E-state index contributed by atoms with van der Waals surface area (Å²) in [5.74, 6) is 2.06. The summed E-state index contributed by atoms with van der Waals surface area (Å²) < 4.78 is 13.9. The molecule has 0 saturated heterocycles. The second-order valence-corrected chi connectivity index (χ2v) is 10.8. The second-order valence-electron chi connectivity index (χ2n) is 9.52. The number of methoxy groups -OCH3 is 1. The Bertz CT molecular complexity index is 1580. The van der Waals surface area contributed by atoms with Crippen molar-refractivity contribution < 1.29 is 9.47 Å². The molecule has 38 heavy (non-hydrogen) atoms. The molecule has 198 valence electrons. The smallest absolute Gasteiger partial charge is 0.282 e. The molecule has 0 aliphatic carbocycles. The molecule has 1 aromatic heterocycles. The molecule has 0 saturated carbocycles. The Labute approximate surface area is 236 Å². The van der Waals surface area contributed by atoms with Crippen molar-refractivity contribution in [2.75, 3.05) is 7.11 Å². The molecular weight excluding hydrogens is 566 g/mol. The minimum absolute atomic E-state index is 0.0170. The van der Waals surface area contributed by atoms with Crippen molar-refractivity contribution in [3.63, 3.8) is 0 Å². The summed E-state index contributed by atoms with van der Waals surface area (Å²) in [5.41, 5.74) is 3.72. The first-order valence-corrected chi connectivity index (χ1v) is 13.7. The van der Waals surface area contributed by atoms with E-state index in [0.29, 0.717) is 37.5 Å². The minimum Gasteiger partial charge on any atom is -0.496 e. The average Bonchev–Trinajstić information content (AvgIpc) is 2.89. The molecule has 1 atom stereocenters. The van der Waals surface area contributed by atoms with E-state index in [2.05, 4.69) is 41.8 Å². The summed E-state index contributed by atoms with van der Waals surface area (Å²) in [6.07, 6.45) is 2.41. The molecule has 0 amide bonds. The fourth-order valence-corrected chi connectivity index (χ4v) is 5.10. The molecule has 6 nitrogen and oxygen atoms in total. The third-order valence-corrected chi connectivity index (χ3v) is 7.24. The fraction of sp³-hybridized carbons (Fsp3) is 0.300. The number of hydrogen-bond donors (Lipinski definition) is 0. The van der Waals surface area contributed by atoms with Crippen molar-refractivity contribution in [2.45, 2.75) is 53.1 Å². The van der Waals surface area contributed by atoms with Gasteiger partial charge in [0.15, 0.2) is 5.82 Å². The number of ether oxygens (including phenoxy) is 2. The standard InChI is InChI=1S/C30H31BrClN3O3/c1-7-19(5)38-28-20(13-21(32)14-25(28)31)16-33-35-29(34-26-11-9-8-10-22(26)30(35)36)24-15-23(17(2)3)27(37-6)12-18(24)4/h8-17,19H,7H2,1-6H3/t19-/m1/s1. The Morgan fingerprint density at radius 2 is 1.89 bits per heavy atom. The van der Waals surface area contributed by atoms with Gasteiger partial charge in [-0.2, -0.15) is 9.78 Å². The van der Waals surface area contributed by atoms with E-state index in [0.717, 1.165) is 28.9 Å². The number of nitrogens with zero attached hydrogens (tertiary/aromatic N) is 3. The monoisotopic (exact) mass is 595 g/mol. The maximum atomic E-state index is 13.8. The van der Waals surface area contributed by atoms with Gasteiger partial charge < -0.3 is 9.47 Å². The van der Waals surface area contributed by atoms with E-state index in [1.807, 2.05) is 44.2 Å². The van der Waals surface area contributed by atoms with Gasteiger partial charge in [0.05, 0.1) is 34.8 Å². The number of halogens is 2. The zero-order chi connectivity index (χ0) is 27.6. The van der Waals surface area contributed by atoms with Crippen LogP contribution in [0.2, 0.25) is 5.02 Å². The Morgan fingerprint density at radius 3 is 2.58 bits per heavy atom. The molecule has 0 aliphatic heterocycles. The number of hydrogen-bond acceptors (Lipinski definition) is 5. The molecule has 0 bridgehead atoms. The van der Waals surface area contributed by atoms with E-state index >= 15 is 0 Å². The first-order valence-electron chi connectivity index (χ1n) is 12.5. The molecule has 0 N–H and O–H groups in total. The highest BCUT2D eigenvalue weighted by atomic mass is 79.9. The van der Waals surface area contributed by atoms with Crippen molar-refractivity contribution in [3.05, 3.63) is 85.1 Å². The third kappa shape index (κ3) is 5.64. The largest absolute Gasteiger partial charge is 0.496 e. The molecule has 4 aromatic rings. The highest BCUT2D eigenvalue weighted by molar-refractivity contribution is 9.10. The van der Waals surface area contributed by atoms with Gasteiger partial charge in [-0.15, -0.1) is 0 Å². The van der Waals surface area contributed by atoms with Crippen molar-refractivity contribution in [3.8, 4) is 22.9 Å².